The minimum atomic E-state index is 0.0779. The zero-order valence-corrected chi connectivity index (χ0v) is 19.5. The summed E-state index contributed by atoms with van der Waals surface area (Å²) in [5, 5.41) is 4.03. The van der Waals surface area contributed by atoms with Gasteiger partial charge in [0.05, 0.1) is 14.2 Å². The number of rotatable bonds is 12. The van der Waals surface area contributed by atoms with Gasteiger partial charge in [-0.05, 0) is 49.2 Å². The van der Waals surface area contributed by atoms with Crippen LogP contribution in [0.4, 0.5) is 0 Å². The molecule has 3 N–H and O–H groups in total. The number of hydrogen-bond acceptors (Lipinski definition) is 4. The monoisotopic (exact) mass is 448 g/mol. The van der Waals surface area contributed by atoms with E-state index in [4.69, 9.17) is 15.2 Å². The van der Waals surface area contributed by atoms with Crippen LogP contribution in [-0.4, -0.2) is 33.2 Å². The Labute approximate surface area is 196 Å². The second-order valence-electron chi connectivity index (χ2n) is 7.86. The van der Waals surface area contributed by atoms with E-state index in [1.165, 1.54) is 10.9 Å². The maximum atomic E-state index is 11.8. The molecule has 1 aromatic heterocycles. The van der Waals surface area contributed by atoms with E-state index in [-0.39, 0.29) is 5.91 Å². The summed E-state index contributed by atoms with van der Waals surface area (Å²) in [5.41, 5.74) is 8.69. The number of nitrogens with zero attached hydrogens (tertiary/aromatic N) is 1. The molecule has 0 atom stereocenters. The first-order valence-corrected chi connectivity index (χ1v) is 11.4. The lowest BCUT2D eigenvalue weighted by Crippen LogP contribution is -2.38. The van der Waals surface area contributed by atoms with Crippen LogP contribution in [0.25, 0.3) is 23.1 Å². The standard InChI is InChI=1S/C27H33N3O3/c1-32-24-15-16-26(33-2)22(20-24)12-14-23-13-11-21-8-5-6-9-25(21)30(23)19-7-3-4-10-27(31)29-18-17-28/h5-6,8-9,11-16,20H,3-4,7,10,17-19,28H2,1-2H3/p+1/b14-12+. The third-order valence-corrected chi connectivity index (χ3v) is 5.60. The van der Waals surface area contributed by atoms with Crippen LogP contribution in [0.3, 0.4) is 0 Å². The number of aryl methyl sites for hydroxylation is 1. The van der Waals surface area contributed by atoms with Crippen molar-refractivity contribution in [1.82, 2.24) is 5.32 Å². The van der Waals surface area contributed by atoms with Gasteiger partial charge in [0.25, 0.3) is 0 Å². The van der Waals surface area contributed by atoms with E-state index in [0.29, 0.717) is 19.5 Å². The Hall–Kier alpha value is -3.38. The summed E-state index contributed by atoms with van der Waals surface area (Å²) in [7, 11) is 3.33. The molecule has 0 saturated heterocycles. The SMILES string of the molecule is COc1ccc(OC)c(/C=C/c2ccc3ccccc3[n+]2CCCCCC(=O)NCCN)c1. The summed E-state index contributed by atoms with van der Waals surface area (Å²) in [5.74, 6) is 1.67. The third kappa shape index (κ3) is 6.80. The highest BCUT2D eigenvalue weighted by molar-refractivity contribution is 5.78. The van der Waals surface area contributed by atoms with E-state index in [1.54, 1.807) is 14.2 Å². The number of hydrogen-bond donors (Lipinski definition) is 2. The average molecular weight is 449 g/mol. The molecule has 0 saturated carbocycles. The molecule has 1 amide bonds. The van der Waals surface area contributed by atoms with Crippen molar-refractivity contribution in [2.24, 2.45) is 5.73 Å². The predicted octanol–water partition coefficient (Wildman–Crippen LogP) is 3.95. The Bertz CT molecular complexity index is 1100. The van der Waals surface area contributed by atoms with E-state index in [2.05, 4.69) is 58.4 Å². The van der Waals surface area contributed by atoms with Gasteiger partial charge in [-0.2, -0.15) is 4.57 Å². The summed E-state index contributed by atoms with van der Waals surface area (Å²) in [6, 6.07) is 18.5. The van der Waals surface area contributed by atoms with Crippen LogP contribution in [0.2, 0.25) is 0 Å². The number of amides is 1. The van der Waals surface area contributed by atoms with Gasteiger partial charge < -0.3 is 20.5 Å². The van der Waals surface area contributed by atoms with E-state index in [1.807, 2.05) is 18.2 Å². The van der Waals surface area contributed by atoms with Gasteiger partial charge in [-0.1, -0.05) is 12.1 Å². The molecule has 0 spiro atoms. The summed E-state index contributed by atoms with van der Waals surface area (Å²) in [6.45, 7) is 1.89. The lowest BCUT2D eigenvalue weighted by Gasteiger charge is -2.08. The molecular weight excluding hydrogens is 414 g/mol. The summed E-state index contributed by atoms with van der Waals surface area (Å²) in [6.07, 6.45) is 7.57. The summed E-state index contributed by atoms with van der Waals surface area (Å²) >= 11 is 0. The fourth-order valence-corrected chi connectivity index (χ4v) is 3.85. The first-order valence-electron chi connectivity index (χ1n) is 11.4. The average Bonchev–Trinajstić information content (AvgIpc) is 2.86. The molecule has 0 radical (unpaired) electrons. The lowest BCUT2D eigenvalue weighted by molar-refractivity contribution is -0.673. The molecule has 6 heteroatoms. The van der Waals surface area contributed by atoms with Crippen LogP contribution in [-0.2, 0) is 11.3 Å². The van der Waals surface area contributed by atoms with Crippen LogP contribution < -0.4 is 25.1 Å². The van der Waals surface area contributed by atoms with Gasteiger partial charge in [0.1, 0.15) is 18.0 Å². The molecular formula is C27H34N3O3+. The number of ether oxygens (including phenoxy) is 2. The molecule has 0 fully saturated rings. The number of unbranched alkanes of at least 4 members (excludes halogenated alkanes) is 2. The number of carbonyl (C=O) groups excluding carboxylic acids is 1. The molecule has 33 heavy (non-hydrogen) atoms. The highest BCUT2D eigenvalue weighted by Crippen LogP contribution is 2.26. The van der Waals surface area contributed by atoms with Gasteiger partial charge in [-0.25, -0.2) is 0 Å². The molecule has 2 aromatic carbocycles. The van der Waals surface area contributed by atoms with E-state index in [9.17, 15) is 4.79 Å². The van der Waals surface area contributed by atoms with Crippen molar-refractivity contribution in [2.75, 3.05) is 27.3 Å². The molecule has 0 unspecified atom stereocenters. The van der Waals surface area contributed by atoms with Crippen molar-refractivity contribution in [3.8, 4) is 11.5 Å². The van der Waals surface area contributed by atoms with Crippen molar-refractivity contribution in [1.29, 1.82) is 0 Å². The summed E-state index contributed by atoms with van der Waals surface area (Å²) in [4.78, 5) is 11.8. The molecule has 0 aliphatic heterocycles. The van der Waals surface area contributed by atoms with Gasteiger partial charge in [-0.3, -0.25) is 4.79 Å². The van der Waals surface area contributed by atoms with Crippen molar-refractivity contribution in [3.05, 3.63) is 65.9 Å². The molecule has 0 aliphatic carbocycles. The first-order chi connectivity index (χ1) is 16.2. The van der Waals surface area contributed by atoms with E-state index < -0.39 is 0 Å². The Morgan fingerprint density at radius 3 is 2.64 bits per heavy atom. The van der Waals surface area contributed by atoms with Crippen molar-refractivity contribution >= 4 is 29.0 Å². The third-order valence-electron chi connectivity index (χ3n) is 5.60. The van der Waals surface area contributed by atoms with Crippen LogP contribution in [0.1, 0.15) is 36.9 Å². The fourth-order valence-electron chi connectivity index (χ4n) is 3.85. The van der Waals surface area contributed by atoms with Gasteiger partial charge in [0, 0.05) is 55.1 Å². The largest absolute Gasteiger partial charge is 0.497 e. The maximum Gasteiger partial charge on any atom is 0.220 e. The molecule has 1 heterocycles. The maximum absolute atomic E-state index is 11.8. The normalized spacial score (nSPS) is 11.1. The van der Waals surface area contributed by atoms with Crippen molar-refractivity contribution in [3.63, 3.8) is 0 Å². The number of methoxy groups -OCH3 is 2. The first kappa shape index (κ1) is 24.3. The lowest BCUT2D eigenvalue weighted by atomic mass is 10.1. The predicted molar refractivity (Wildman–Crippen MR) is 133 cm³/mol. The number of nitrogens with two attached hydrogens (primary N) is 1. The smallest absolute Gasteiger partial charge is 0.220 e. The minimum absolute atomic E-state index is 0.0779. The van der Waals surface area contributed by atoms with E-state index >= 15 is 0 Å². The van der Waals surface area contributed by atoms with Crippen LogP contribution in [0, 0.1) is 0 Å². The number of para-hydroxylation sites is 1. The zero-order valence-electron chi connectivity index (χ0n) is 19.5. The van der Waals surface area contributed by atoms with Gasteiger partial charge in [-0.15, -0.1) is 0 Å². The molecule has 3 aromatic rings. The van der Waals surface area contributed by atoms with Gasteiger partial charge >= 0.3 is 0 Å². The van der Waals surface area contributed by atoms with Gasteiger partial charge in [0.2, 0.25) is 17.1 Å². The molecule has 0 aliphatic rings. The second-order valence-corrected chi connectivity index (χ2v) is 7.86. The topological polar surface area (TPSA) is 77.5 Å². The number of pyridine rings is 1. The molecule has 3 rings (SSSR count). The van der Waals surface area contributed by atoms with Gasteiger partial charge in [0.15, 0.2) is 0 Å². The Morgan fingerprint density at radius 1 is 1.00 bits per heavy atom. The summed E-state index contributed by atoms with van der Waals surface area (Å²) < 4.78 is 13.2. The Balaban J connectivity index is 1.77. The highest BCUT2D eigenvalue weighted by Gasteiger charge is 2.14. The van der Waals surface area contributed by atoms with E-state index in [0.717, 1.165) is 48.6 Å². The molecule has 0 bridgehead atoms. The van der Waals surface area contributed by atoms with Crippen LogP contribution in [0.15, 0.2) is 54.6 Å². The molecule has 6 nitrogen and oxygen atoms in total. The quantitative estimate of drug-likeness (QED) is 0.325. The van der Waals surface area contributed by atoms with Crippen molar-refractivity contribution < 1.29 is 18.8 Å². The fraction of sp³-hybridized carbons (Fsp3) is 0.333. The number of nitrogens with one attached hydrogen (secondary N) is 1. The minimum Gasteiger partial charge on any atom is -0.497 e. The van der Waals surface area contributed by atoms with Crippen LogP contribution in [0.5, 0.6) is 11.5 Å². The van der Waals surface area contributed by atoms with Crippen LogP contribution >= 0.6 is 0 Å². The number of carbonyl (C=O) groups is 1. The second kappa shape index (κ2) is 12.6. The molecule has 174 valence electrons. The Morgan fingerprint density at radius 2 is 1.85 bits per heavy atom. The number of aromatic nitrogens is 1. The number of fused-ring (bicyclic) bond motifs is 1. The highest BCUT2D eigenvalue weighted by atomic mass is 16.5. The Kier molecular flexibility index (Phi) is 9.27. The van der Waals surface area contributed by atoms with Crippen molar-refractivity contribution in [2.45, 2.75) is 32.2 Å². The number of benzene rings is 2. The zero-order chi connectivity index (χ0) is 23.5.